The smallest absolute Gasteiger partial charge is 0.268 e. The number of hydrogen-bond acceptors (Lipinski definition) is 7. The first kappa shape index (κ1) is 19.6. The third-order valence-corrected chi connectivity index (χ3v) is 6.28. The molecule has 0 atom stereocenters. The van der Waals surface area contributed by atoms with E-state index in [9.17, 15) is 4.79 Å². The molecule has 31 heavy (non-hydrogen) atoms. The monoisotopic (exact) mass is 431 g/mol. The number of hydrazone groups is 1. The molecular formula is C23H21N5O2S. The van der Waals surface area contributed by atoms with E-state index in [1.807, 2.05) is 56.3 Å². The van der Waals surface area contributed by atoms with E-state index in [2.05, 4.69) is 15.5 Å². The molecular weight excluding hydrogens is 410 g/mol. The number of hydrogen-bond donors (Lipinski definition) is 1. The molecule has 8 heteroatoms. The largest absolute Gasteiger partial charge is 0.370 e. The van der Waals surface area contributed by atoms with Gasteiger partial charge in [-0.2, -0.15) is 5.10 Å². The normalized spacial score (nSPS) is 15.3. The van der Waals surface area contributed by atoms with Crippen molar-refractivity contribution in [3.8, 4) is 5.69 Å². The first-order valence-electron chi connectivity index (χ1n) is 9.98. The number of benzene rings is 1. The maximum absolute atomic E-state index is 13.7. The molecule has 0 fully saturated rings. The summed E-state index contributed by atoms with van der Waals surface area (Å²) < 4.78 is 7.53. The lowest BCUT2D eigenvalue weighted by molar-refractivity contribution is -0.0379. The first-order chi connectivity index (χ1) is 15.0. The van der Waals surface area contributed by atoms with Crippen LogP contribution in [-0.2, 0) is 17.8 Å². The Morgan fingerprint density at radius 2 is 2.06 bits per heavy atom. The Kier molecular flexibility index (Phi) is 4.88. The van der Waals surface area contributed by atoms with Crippen molar-refractivity contribution >= 4 is 33.7 Å². The van der Waals surface area contributed by atoms with Gasteiger partial charge in [-0.05, 0) is 37.6 Å². The van der Waals surface area contributed by atoms with Crippen molar-refractivity contribution in [3.05, 3.63) is 81.2 Å². The van der Waals surface area contributed by atoms with Gasteiger partial charge in [-0.3, -0.25) is 9.78 Å². The molecule has 4 aromatic rings. The van der Waals surface area contributed by atoms with E-state index in [-0.39, 0.29) is 11.2 Å². The number of anilines is 1. The molecule has 5 rings (SSSR count). The second kappa shape index (κ2) is 7.72. The highest BCUT2D eigenvalue weighted by Crippen LogP contribution is 2.37. The molecule has 0 bridgehead atoms. The van der Waals surface area contributed by atoms with Crippen LogP contribution in [0.15, 0.2) is 64.8 Å². The van der Waals surface area contributed by atoms with Gasteiger partial charge in [-0.15, -0.1) is 11.3 Å². The molecule has 0 saturated carbocycles. The Morgan fingerprint density at radius 3 is 2.84 bits per heavy atom. The van der Waals surface area contributed by atoms with Crippen LogP contribution in [0.1, 0.15) is 29.9 Å². The van der Waals surface area contributed by atoms with Gasteiger partial charge in [0.05, 0.1) is 29.5 Å². The molecule has 0 unspecified atom stereocenters. The number of nitrogens with one attached hydrogen (secondary N) is 1. The van der Waals surface area contributed by atoms with E-state index in [0.29, 0.717) is 29.2 Å². The zero-order valence-corrected chi connectivity index (χ0v) is 18.0. The molecule has 3 aromatic heterocycles. The van der Waals surface area contributed by atoms with Crippen LogP contribution in [-0.4, -0.2) is 26.4 Å². The summed E-state index contributed by atoms with van der Waals surface area (Å²) in [6.45, 7) is 4.59. The summed E-state index contributed by atoms with van der Waals surface area (Å²) in [5.41, 5.74) is 5.16. The molecule has 0 spiro atoms. The summed E-state index contributed by atoms with van der Waals surface area (Å²) in [6, 6.07) is 13.2. The van der Waals surface area contributed by atoms with E-state index in [1.54, 1.807) is 23.2 Å². The van der Waals surface area contributed by atoms with Crippen molar-refractivity contribution in [2.24, 2.45) is 5.10 Å². The first-order valence-corrected chi connectivity index (χ1v) is 10.8. The van der Waals surface area contributed by atoms with Crippen molar-refractivity contribution < 1.29 is 4.74 Å². The number of ether oxygens (including phenoxy) is 1. The Morgan fingerprint density at radius 1 is 1.23 bits per heavy atom. The highest BCUT2D eigenvalue weighted by atomic mass is 32.1. The summed E-state index contributed by atoms with van der Waals surface area (Å²) in [5.74, 6) is 0.364. The molecule has 156 valence electrons. The van der Waals surface area contributed by atoms with Gasteiger partial charge in [0.2, 0.25) is 5.95 Å². The summed E-state index contributed by atoms with van der Waals surface area (Å²) in [5, 5.41) is 4.96. The fraction of sp³-hybridized carbons (Fsp3) is 0.217. The van der Waals surface area contributed by atoms with Gasteiger partial charge in [0.15, 0.2) is 0 Å². The summed E-state index contributed by atoms with van der Waals surface area (Å²) in [4.78, 5) is 24.3. The van der Waals surface area contributed by atoms with Crippen LogP contribution < -0.4 is 11.0 Å². The lowest BCUT2D eigenvalue weighted by Crippen LogP contribution is -2.32. The van der Waals surface area contributed by atoms with E-state index in [1.165, 1.54) is 11.3 Å². The van der Waals surface area contributed by atoms with E-state index < -0.39 is 0 Å². The van der Waals surface area contributed by atoms with Crippen molar-refractivity contribution in [2.75, 3.05) is 5.43 Å². The Balaban J connectivity index is 1.66. The number of aromatic nitrogens is 3. The van der Waals surface area contributed by atoms with E-state index in [0.717, 1.165) is 21.7 Å². The minimum atomic E-state index is -0.310. The number of fused-ring (bicyclic) bond motifs is 3. The fourth-order valence-corrected chi connectivity index (χ4v) is 4.79. The van der Waals surface area contributed by atoms with Crippen molar-refractivity contribution in [1.82, 2.24) is 14.5 Å². The lowest BCUT2D eigenvalue weighted by atomic mass is 9.94. The van der Waals surface area contributed by atoms with Gasteiger partial charge in [0.25, 0.3) is 5.56 Å². The van der Waals surface area contributed by atoms with Crippen LogP contribution in [0.25, 0.3) is 15.9 Å². The lowest BCUT2D eigenvalue weighted by Gasteiger charge is -2.29. The van der Waals surface area contributed by atoms with Crippen LogP contribution in [0.2, 0.25) is 0 Å². The molecule has 4 heterocycles. The summed E-state index contributed by atoms with van der Waals surface area (Å²) in [6.07, 6.45) is 5.74. The SMILES string of the molecule is CC1(C)Cc2c(sc3nc(N/N=C\c4cccnc4)n(-c4ccccc4)c(=O)c23)CO1. The highest BCUT2D eigenvalue weighted by molar-refractivity contribution is 7.18. The molecule has 1 aliphatic heterocycles. The van der Waals surface area contributed by atoms with E-state index in [4.69, 9.17) is 9.72 Å². The van der Waals surface area contributed by atoms with Crippen molar-refractivity contribution in [2.45, 2.75) is 32.5 Å². The van der Waals surface area contributed by atoms with Crippen LogP contribution in [0, 0.1) is 0 Å². The third kappa shape index (κ3) is 3.75. The molecule has 1 aromatic carbocycles. The van der Waals surface area contributed by atoms with Crippen molar-refractivity contribution in [3.63, 3.8) is 0 Å². The molecule has 0 radical (unpaired) electrons. The fourth-order valence-electron chi connectivity index (χ4n) is 3.70. The number of thiophene rings is 1. The Hall–Kier alpha value is -3.36. The second-order valence-electron chi connectivity index (χ2n) is 7.98. The predicted molar refractivity (Wildman–Crippen MR) is 123 cm³/mol. The average Bonchev–Trinajstić information content (AvgIpc) is 3.12. The standard InChI is InChI=1S/C23H21N5O2S/c1-23(2)11-17-18(14-30-23)31-20-19(17)21(29)28(16-8-4-3-5-9-16)22(26-20)27-25-13-15-7-6-10-24-12-15/h3-10,12-13H,11,14H2,1-2H3,(H,26,27)/b25-13-. The van der Waals surface area contributed by atoms with Gasteiger partial charge in [0, 0.05) is 29.3 Å². The van der Waals surface area contributed by atoms with Gasteiger partial charge in [-0.25, -0.2) is 15.0 Å². The van der Waals surface area contributed by atoms with Crippen LogP contribution >= 0.6 is 11.3 Å². The molecule has 1 aliphatic rings. The van der Waals surface area contributed by atoms with Crippen LogP contribution in [0.4, 0.5) is 5.95 Å². The number of para-hydroxylation sites is 1. The number of rotatable bonds is 4. The second-order valence-corrected chi connectivity index (χ2v) is 9.06. The van der Waals surface area contributed by atoms with Gasteiger partial charge < -0.3 is 4.74 Å². The number of pyridine rings is 1. The topological polar surface area (TPSA) is 81.4 Å². The minimum absolute atomic E-state index is 0.106. The maximum Gasteiger partial charge on any atom is 0.268 e. The van der Waals surface area contributed by atoms with Gasteiger partial charge >= 0.3 is 0 Å². The zero-order chi connectivity index (χ0) is 21.4. The Bertz CT molecular complexity index is 1330. The third-order valence-electron chi connectivity index (χ3n) is 5.18. The van der Waals surface area contributed by atoms with Crippen LogP contribution in [0.5, 0.6) is 0 Å². The quantitative estimate of drug-likeness (QED) is 0.388. The number of nitrogens with zero attached hydrogens (tertiary/aromatic N) is 4. The zero-order valence-electron chi connectivity index (χ0n) is 17.2. The predicted octanol–water partition coefficient (Wildman–Crippen LogP) is 4.14. The molecule has 7 nitrogen and oxygen atoms in total. The molecule has 0 amide bonds. The summed E-state index contributed by atoms with van der Waals surface area (Å²) in [7, 11) is 0. The van der Waals surface area contributed by atoms with Gasteiger partial charge in [0.1, 0.15) is 4.83 Å². The van der Waals surface area contributed by atoms with Crippen molar-refractivity contribution in [1.29, 1.82) is 0 Å². The molecule has 0 aliphatic carbocycles. The highest BCUT2D eigenvalue weighted by Gasteiger charge is 2.31. The summed E-state index contributed by atoms with van der Waals surface area (Å²) >= 11 is 1.51. The van der Waals surface area contributed by atoms with Crippen LogP contribution in [0.3, 0.4) is 0 Å². The molecule has 1 N–H and O–H groups in total. The average molecular weight is 432 g/mol. The van der Waals surface area contributed by atoms with Gasteiger partial charge in [-0.1, -0.05) is 24.3 Å². The minimum Gasteiger partial charge on any atom is -0.370 e. The molecule has 0 saturated heterocycles. The maximum atomic E-state index is 13.7. The van der Waals surface area contributed by atoms with E-state index >= 15 is 0 Å². The Labute approximate surface area is 183 Å².